The summed E-state index contributed by atoms with van der Waals surface area (Å²) >= 11 is 0. The molecule has 1 saturated heterocycles. The first-order valence-electron chi connectivity index (χ1n) is 5.39. The monoisotopic (exact) mass is 259 g/mol. The van der Waals surface area contributed by atoms with Gasteiger partial charge in [-0.05, 0) is 19.1 Å². The molecular weight excluding hydrogens is 247 g/mol. The van der Waals surface area contributed by atoms with Gasteiger partial charge in [-0.1, -0.05) is 12.1 Å². The Kier molecular flexibility index (Phi) is 2.85. The maximum Gasteiger partial charge on any atom is 0.417 e. The van der Waals surface area contributed by atoms with Crippen LogP contribution in [0.25, 0.3) is 0 Å². The van der Waals surface area contributed by atoms with Crippen LogP contribution in [0.5, 0.6) is 0 Å². The van der Waals surface area contributed by atoms with E-state index in [1.54, 1.807) is 0 Å². The van der Waals surface area contributed by atoms with Crippen molar-refractivity contribution in [3.8, 4) is 0 Å². The van der Waals surface area contributed by atoms with Gasteiger partial charge in [0.15, 0.2) is 0 Å². The maximum atomic E-state index is 12.7. The Balaban J connectivity index is 2.27. The molecule has 0 saturated carbocycles. The van der Waals surface area contributed by atoms with E-state index in [9.17, 15) is 23.1 Å². The molecule has 3 nitrogen and oxygen atoms in total. The molecule has 0 unspecified atom stereocenters. The lowest BCUT2D eigenvalue weighted by atomic mass is 9.95. The normalized spacial score (nSPS) is 18.4. The molecule has 1 aliphatic rings. The fraction of sp³-hybridized carbons (Fsp3) is 0.417. The lowest BCUT2D eigenvalue weighted by Gasteiger charge is -2.44. The van der Waals surface area contributed by atoms with Crippen LogP contribution in [0.4, 0.5) is 13.2 Å². The van der Waals surface area contributed by atoms with Crippen LogP contribution in [0.1, 0.15) is 22.8 Å². The predicted octanol–water partition coefficient (Wildman–Crippen LogP) is 1.91. The first-order chi connectivity index (χ1) is 8.21. The molecule has 0 spiro atoms. The van der Waals surface area contributed by atoms with Gasteiger partial charge in [0.2, 0.25) is 0 Å². The molecule has 1 aliphatic heterocycles. The third kappa shape index (κ3) is 2.33. The number of alkyl halides is 3. The molecule has 1 aromatic rings. The number of β-amino-alcohol motifs (C(OH)–C–C–N with tert-alkyl or cyclic N) is 1. The van der Waals surface area contributed by atoms with E-state index in [0.29, 0.717) is 0 Å². The van der Waals surface area contributed by atoms with E-state index in [4.69, 9.17) is 0 Å². The zero-order chi connectivity index (χ0) is 13.6. The Morgan fingerprint density at radius 1 is 1.33 bits per heavy atom. The van der Waals surface area contributed by atoms with Crippen molar-refractivity contribution in [1.29, 1.82) is 0 Å². The van der Waals surface area contributed by atoms with Crippen LogP contribution in [-0.4, -0.2) is 34.6 Å². The van der Waals surface area contributed by atoms with Gasteiger partial charge in [0, 0.05) is 0 Å². The summed E-state index contributed by atoms with van der Waals surface area (Å²) in [5.41, 5.74) is -2.31. The van der Waals surface area contributed by atoms with Gasteiger partial charge in [0.25, 0.3) is 5.91 Å². The summed E-state index contributed by atoms with van der Waals surface area (Å²) in [4.78, 5) is 13.1. The third-order valence-corrected chi connectivity index (χ3v) is 2.81. The van der Waals surface area contributed by atoms with Crippen LogP contribution in [0.3, 0.4) is 0 Å². The lowest BCUT2D eigenvalue weighted by Crippen LogP contribution is -2.61. The van der Waals surface area contributed by atoms with Gasteiger partial charge in [-0.25, -0.2) is 0 Å². The molecule has 0 atom stereocenters. The quantitative estimate of drug-likeness (QED) is 0.837. The first kappa shape index (κ1) is 12.9. The van der Waals surface area contributed by atoms with Crippen LogP contribution in [0.2, 0.25) is 0 Å². The molecule has 0 bridgehead atoms. The largest absolute Gasteiger partial charge is 0.417 e. The van der Waals surface area contributed by atoms with E-state index >= 15 is 0 Å². The van der Waals surface area contributed by atoms with E-state index in [0.717, 1.165) is 12.1 Å². The third-order valence-electron chi connectivity index (χ3n) is 2.81. The lowest BCUT2D eigenvalue weighted by molar-refractivity contribution is -0.138. The number of amides is 1. The summed E-state index contributed by atoms with van der Waals surface area (Å²) in [6, 6.07) is 4.66. The van der Waals surface area contributed by atoms with Crippen LogP contribution in [0.15, 0.2) is 24.3 Å². The minimum Gasteiger partial charge on any atom is -0.386 e. The summed E-state index contributed by atoms with van der Waals surface area (Å²) in [7, 11) is 0. The standard InChI is InChI=1S/C12H12F3NO2/c1-11(18)6-16(7-11)10(17)8-4-2-3-5-9(8)12(13,14)15/h2-5,18H,6-7H2,1H3. The van der Waals surface area contributed by atoms with Crippen LogP contribution in [-0.2, 0) is 6.18 Å². The smallest absolute Gasteiger partial charge is 0.386 e. The van der Waals surface area contributed by atoms with E-state index in [2.05, 4.69) is 0 Å². The van der Waals surface area contributed by atoms with Gasteiger partial charge < -0.3 is 10.0 Å². The summed E-state index contributed by atoms with van der Waals surface area (Å²) in [6.07, 6.45) is -4.56. The summed E-state index contributed by atoms with van der Waals surface area (Å²) in [5, 5.41) is 9.49. The average molecular weight is 259 g/mol. The summed E-state index contributed by atoms with van der Waals surface area (Å²) in [5.74, 6) is -0.700. The van der Waals surface area contributed by atoms with Crippen LogP contribution in [0, 0.1) is 0 Å². The molecule has 0 aromatic heterocycles. The van der Waals surface area contributed by atoms with Crippen molar-refractivity contribution in [1.82, 2.24) is 4.90 Å². The Hall–Kier alpha value is -1.56. The van der Waals surface area contributed by atoms with Gasteiger partial charge >= 0.3 is 6.18 Å². The molecule has 1 N–H and O–H groups in total. The second-order valence-electron chi connectivity index (χ2n) is 4.70. The minimum atomic E-state index is -4.56. The fourth-order valence-corrected chi connectivity index (χ4v) is 2.01. The van der Waals surface area contributed by atoms with Crippen molar-refractivity contribution in [2.75, 3.05) is 13.1 Å². The molecular formula is C12H12F3NO2. The molecule has 0 aliphatic carbocycles. The molecule has 18 heavy (non-hydrogen) atoms. The van der Waals surface area contributed by atoms with Crippen LogP contribution >= 0.6 is 0 Å². The zero-order valence-electron chi connectivity index (χ0n) is 9.66. The number of carbonyl (C=O) groups excluding carboxylic acids is 1. The van der Waals surface area contributed by atoms with E-state index < -0.39 is 23.2 Å². The molecule has 1 fully saturated rings. The van der Waals surface area contributed by atoms with Crippen LogP contribution < -0.4 is 0 Å². The Morgan fingerprint density at radius 3 is 2.39 bits per heavy atom. The van der Waals surface area contributed by atoms with E-state index in [-0.39, 0.29) is 18.7 Å². The highest BCUT2D eigenvalue weighted by atomic mass is 19.4. The first-order valence-corrected chi connectivity index (χ1v) is 5.39. The summed E-state index contributed by atoms with van der Waals surface area (Å²) in [6.45, 7) is 1.64. The minimum absolute atomic E-state index is 0.0536. The van der Waals surface area contributed by atoms with Gasteiger partial charge in [-0.2, -0.15) is 13.2 Å². The molecule has 1 heterocycles. The summed E-state index contributed by atoms with van der Waals surface area (Å²) < 4.78 is 38.2. The number of nitrogens with zero attached hydrogens (tertiary/aromatic N) is 1. The number of benzene rings is 1. The highest BCUT2D eigenvalue weighted by Crippen LogP contribution is 2.33. The van der Waals surface area contributed by atoms with Crippen molar-refractivity contribution in [2.24, 2.45) is 0 Å². The topological polar surface area (TPSA) is 40.5 Å². The molecule has 98 valence electrons. The zero-order valence-corrected chi connectivity index (χ0v) is 9.66. The Bertz CT molecular complexity index is 474. The van der Waals surface area contributed by atoms with E-state index in [1.807, 2.05) is 0 Å². The second-order valence-corrected chi connectivity index (χ2v) is 4.70. The molecule has 1 amide bonds. The van der Waals surface area contributed by atoms with E-state index in [1.165, 1.54) is 24.0 Å². The van der Waals surface area contributed by atoms with Gasteiger partial charge in [-0.15, -0.1) is 0 Å². The van der Waals surface area contributed by atoms with Crippen molar-refractivity contribution in [3.05, 3.63) is 35.4 Å². The second kappa shape index (κ2) is 3.98. The molecule has 0 radical (unpaired) electrons. The Labute approximate surface area is 102 Å². The highest BCUT2D eigenvalue weighted by Gasteiger charge is 2.42. The fourth-order valence-electron chi connectivity index (χ4n) is 2.01. The molecule has 1 aromatic carbocycles. The number of likely N-dealkylation sites (tertiary alicyclic amines) is 1. The molecule has 2 rings (SSSR count). The number of rotatable bonds is 1. The number of carbonyl (C=O) groups is 1. The maximum absolute atomic E-state index is 12.7. The van der Waals surface area contributed by atoms with Gasteiger partial charge in [0.1, 0.15) is 0 Å². The number of hydrogen-bond donors (Lipinski definition) is 1. The predicted molar refractivity (Wildman–Crippen MR) is 58.0 cm³/mol. The molecule has 6 heteroatoms. The SMILES string of the molecule is CC1(O)CN(C(=O)c2ccccc2C(F)(F)F)C1. The Morgan fingerprint density at radius 2 is 1.89 bits per heavy atom. The highest BCUT2D eigenvalue weighted by molar-refractivity contribution is 5.96. The van der Waals surface area contributed by atoms with Crippen molar-refractivity contribution >= 4 is 5.91 Å². The van der Waals surface area contributed by atoms with Gasteiger partial charge in [-0.3, -0.25) is 4.79 Å². The van der Waals surface area contributed by atoms with Gasteiger partial charge in [0.05, 0.1) is 29.8 Å². The number of hydrogen-bond acceptors (Lipinski definition) is 2. The van der Waals surface area contributed by atoms with Crippen molar-refractivity contribution in [3.63, 3.8) is 0 Å². The van der Waals surface area contributed by atoms with Crippen molar-refractivity contribution < 1.29 is 23.1 Å². The number of aliphatic hydroxyl groups is 1. The average Bonchev–Trinajstić information content (AvgIpc) is 2.23. The van der Waals surface area contributed by atoms with Crippen molar-refractivity contribution in [2.45, 2.75) is 18.7 Å². The number of halogens is 3.